The number of hydrogen-bond donors (Lipinski definition) is 2. The standard InChI is InChI=1S/C14H22N4O3/c1-14(2,3)10-7-8-11(17-16-10)15-13(19)18-21-12-6-4-5-9-20-12/h7-8,12H,4-6,9H2,1-3H3,(H2,15,17,18,19)/t12-/m1/s1. The third-order valence-electron chi connectivity index (χ3n) is 3.10. The third-order valence-corrected chi connectivity index (χ3v) is 3.10. The van der Waals surface area contributed by atoms with Gasteiger partial charge in [0.15, 0.2) is 12.1 Å². The largest absolute Gasteiger partial charge is 0.350 e. The van der Waals surface area contributed by atoms with Crippen LogP contribution in [0.5, 0.6) is 0 Å². The molecule has 0 spiro atoms. The Labute approximate surface area is 124 Å². The van der Waals surface area contributed by atoms with Gasteiger partial charge in [-0.05, 0) is 25.0 Å². The predicted octanol–water partition coefficient (Wildman–Crippen LogP) is 2.35. The number of urea groups is 1. The zero-order valence-electron chi connectivity index (χ0n) is 12.7. The van der Waals surface area contributed by atoms with Crippen molar-refractivity contribution in [2.45, 2.75) is 51.7 Å². The molecule has 1 aromatic heterocycles. The summed E-state index contributed by atoms with van der Waals surface area (Å²) in [6.07, 6.45) is 2.47. The zero-order chi connectivity index (χ0) is 15.3. The summed E-state index contributed by atoms with van der Waals surface area (Å²) in [6.45, 7) is 6.81. The molecule has 0 bridgehead atoms. The number of nitrogens with one attached hydrogen (secondary N) is 2. The van der Waals surface area contributed by atoms with E-state index in [4.69, 9.17) is 9.57 Å². The number of rotatable bonds is 3. The van der Waals surface area contributed by atoms with E-state index < -0.39 is 6.03 Å². The molecule has 2 N–H and O–H groups in total. The lowest BCUT2D eigenvalue weighted by atomic mass is 9.92. The molecule has 2 heterocycles. The Bertz CT molecular complexity index is 464. The van der Waals surface area contributed by atoms with Gasteiger partial charge in [0.05, 0.1) is 5.69 Å². The quantitative estimate of drug-likeness (QED) is 0.836. The molecule has 0 aromatic carbocycles. The number of hydroxylamine groups is 1. The van der Waals surface area contributed by atoms with Crippen LogP contribution in [-0.2, 0) is 15.0 Å². The molecule has 0 unspecified atom stereocenters. The zero-order valence-corrected chi connectivity index (χ0v) is 12.7. The van der Waals surface area contributed by atoms with Crippen LogP contribution in [0.15, 0.2) is 12.1 Å². The lowest BCUT2D eigenvalue weighted by molar-refractivity contribution is -0.185. The van der Waals surface area contributed by atoms with Gasteiger partial charge in [0, 0.05) is 18.4 Å². The second kappa shape index (κ2) is 6.82. The molecule has 2 amide bonds. The number of ether oxygens (including phenoxy) is 1. The van der Waals surface area contributed by atoms with Crippen LogP contribution in [0.2, 0.25) is 0 Å². The van der Waals surface area contributed by atoms with E-state index in [0.29, 0.717) is 12.4 Å². The van der Waals surface area contributed by atoms with E-state index in [2.05, 4.69) is 41.8 Å². The van der Waals surface area contributed by atoms with E-state index in [1.54, 1.807) is 6.07 Å². The molecule has 1 aromatic rings. The summed E-state index contributed by atoms with van der Waals surface area (Å²) in [5.74, 6) is 0.369. The van der Waals surface area contributed by atoms with Gasteiger partial charge >= 0.3 is 6.03 Å². The monoisotopic (exact) mass is 294 g/mol. The van der Waals surface area contributed by atoms with Gasteiger partial charge in [-0.1, -0.05) is 20.8 Å². The van der Waals surface area contributed by atoms with Gasteiger partial charge in [-0.15, -0.1) is 5.10 Å². The molecule has 1 saturated heterocycles. The summed E-state index contributed by atoms with van der Waals surface area (Å²) in [7, 11) is 0. The molecule has 1 aliphatic rings. The highest BCUT2D eigenvalue weighted by molar-refractivity contribution is 5.87. The van der Waals surface area contributed by atoms with Gasteiger partial charge in [0.1, 0.15) is 0 Å². The molecule has 1 fully saturated rings. The number of nitrogens with zero attached hydrogens (tertiary/aromatic N) is 2. The van der Waals surface area contributed by atoms with Crippen molar-refractivity contribution in [1.82, 2.24) is 15.7 Å². The first-order chi connectivity index (χ1) is 9.95. The van der Waals surface area contributed by atoms with Gasteiger partial charge in [-0.3, -0.25) is 5.32 Å². The summed E-state index contributed by atoms with van der Waals surface area (Å²) in [5, 5.41) is 10.6. The van der Waals surface area contributed by atoms with Crippen molar-refractivity contribution < 1.29 is 14.4 Å². The second-order valence-electron chi connectivity index (χ2n) is 6.02. The smallest absolute Gasteiger partial charge is 0.344 e. The summed E-state index contributed by atoms with van der Waals surface area (Å²) >= 11 is 0. The second-order valence-corrected chi connectivity index (χ2v) is 6.02. The van der Waals surface area contributed by atoms with Crippen molar-refractivity contribution in [3.63, 3.8) is 0 Å². The molecular formula is C14H22N4O3. The van der Waals surface area contributed by atoms with Crippen molar-refractivity contribution in [2.75, 3.05) is 11.9 Å². The highest BCUT2D eigenvalue weighted by Gasteiger charge is 2.17. The van der Waals surface area contributed by atoms with Crippen molar-refractivity contribution >= 4 is 11.8 Å². The first-order valence-corrected chi connectivity index (χ1v) is 7.13. The molecule has 1 atom stereocenters. The Kier molecular flexibility index (Phi) is 5.08. The molecule has 1 aliphatic heterocycles. The van der Waals surface area contributed by atoms with Crippen molar-refractivity contribution in [3.05, 3.63) is 17.8 Å². The van der Waals surface area contributed by atoms with Gasteiger partial charge in [0.2, 0.25) is 0 Å². The fraction of sp³-hybridized carbons (Fsp3) is 0.643. The molecule has 21 heavy (non-hydrogen) atoms. The van der Waals surface area contributed by atoms with Crippen LogP contribution in [0.25, 0.3) is 0 Å². The van der Waals surface area contributed by atoms with Crippen LogP contribution >= 0.6 is 0 Å². The molecule has 7 heteroatoms. The predicted molar refractivity (Wildman–Crippen MR) is 77.6 cm³/mol. The maximum absolute atomic E-state index is 11.7. The van der Waals surface area contributed by atoms with E-state index in [-0.39, 0.29) is 11.7 Å². The average molecular weight is 294 g/mol. The summed E-state index contributed by atoms with van der Waals surface area (Å²) in [5.41, 5.74) is 3.09. The van der Waals surface area contributed by atoms with Crippen LogP contribution < -0.4 is 10.8 Å². The first kappa shape index (κ1) is 15.7. The minimum absolute atomic E-state index is 0.0742. The van der Waals surface area contributed by atoms with Crippen LogP contribution in [0, 0.1) is 0 Å². The Morgan fingerprint density at radius 3 is 2.71 bits per heavy atom. The molecule has 7 nitrogen and oxygen atoms in total. The number of aromatic nitrogens is 2. The normalized spacial score (nSPS) is 19.1. The van der Waals surface area contributed by atoms with Gasteiger partial charge in [0.25, 0.3) is 0 Å². The molecule has 0 saturated carbocycles. The highest BCUT2D eigenvalue weighted by Crippen LogP contribution is 2.19. The average Bonchev–Trinajstić information content (AvgIpc) is 2.46. The van der Waals surface area contributed by atoms with Gasteiger partial charge in [-0.2, -0.15) is 5.10 Å². The Balaban J connectivity index is 1.79. The van der Waals surface area contributed by atoms with E-state index >= 15 is 0 Å². The lowest BCUT2D eigenvalue weighted by Crippen LogP contribution is -2.35. The summed E-state index contributed by atoms with van der Waals surface area (Å²) in [6, 6.07) is 3.06. The summed E-state index contributed by atoms with van der Waals surface area (Å²) < 4.78 is 5.34. The van der Waals surface area contributed by atoms with Gasteiger partial charge < -0.3 is 4.74 Å². The highest BCUT2D eigenvalue weighted by atomic mass is 16.8. The van der Waals surface area contributed by atoms with Crippen LogP contribution in [0.1, 0.15) is 45.7 Å². The van der Waals surface area contributed by atoms with E-state index in [1.165, 1.54) is 0 Å². The van der Waals surface area contributed by atoms with Crippen LogP contribution in [0.3, 0.4) is 0 Å². The van der Waals surface area contributed by atoms with Crippen molar-refractivity contribution in [2.24, 2.45) is 0 Å². The maximum atomic E-state index is 11.7. The first-order valence-electron chi connectivity index (χ1n) is 7.13. The molecule has 0 aliphatic carbocycles. The third kappa shape index (κ3) is 4.95. The SMILES string of the molecule is CC(C)(C)c1ccc(NC(=O)NO[C@@H]2CCCCO2)nn1. The van der Waals surface area contributed by atoms with E-state index in [0.717, 1.165) is 25.0 Å². The molecule has 2 rings (SSSR count). The summed E-state index contributed by atoms with van der Waals surface area (Å²) in [4.78, 5) is 16.8. The van der Waals surface area contributed by atoms with E-state index in [1.807, 2.05) is 6.07 Å². The van der Waals surface area contributed by atoms with Crippen LogP contribution in [-0.4, -0.2) is 29.1 Å². The number of carbonyl (C=O) groups excluding carboxylic acids is 1. The number of hydrogen-bond acceptors (Lipinski definition) is 5. The van der Waals surface area contributed by atoms with Gasteiger partial charge in [-0.25, -0.2) is 15.1 Å². The fourth-order valence-electron chi connectivity index (χ4n) is 1.86. The Hall–Kier alpha value is -1.73. The minimum atomic E-state index is -0.498. The lowest BCUT2D eigenvalue weighted by Gasteiger charge is -2.22. The number of carbonyl (C=O) groups is 1. The van der Waals surface area contributed by atoms with Crippen molar-refractivity contribution in [1.29, 1.82) is 0 Å². The molecule has 116 valence electrons. The number of amides is 2. The molecule has 0 radical (unpaired) electrons. The topological polar surface area (TPSA) is 85.4 Å². The molecular weight excluding hydrogens is 272 g/mol. The van der Waals surface area contributed by atoms with Crippen molar-refractivity contribution in [3.8, 4) is 0 Å². The Morgan fingerprint density at radius 2 is 2.14 bits per heavy atom. The minimum Gasteiger partial charge on any atom is -0.350 e. The van der Waals surface area contributed by atoms with Crippen LogP contribution in [0.4, 0.5) is 10.6 Å². The fourth-order valence-corrected chi connectivity index (χ4v) is 1.86. The Morgan fingerprint density at radius 1 is 1.33 bits per heavy atom. The number of anilines is 1. The van der Waals surface area contributed by atoms with E-state index in [9.17, 15) is 4.79 Å². The maximum Gasteiger partial charge on any atom is 0.344 e.